The molecule has 1 saturated carbocycles. The van der Waals surface area contributed by atoms with E-state index in [2.05, 4.69) is 13.0 Å². The van der Waals surface area contributed by atoms with Crippen LogP contribution in [0.4, 0.5) is 0 Å². The van der Waals surface area contributed by atoms with E-state index in [-0.39, 0.29) is 0 Å². The monoisotopic (exact) mass is 194 g/mol. The summed E-state index contributed by atoms with van der Waals surface area (Å²) >= 11 is 0. The third-order valence-corrected chi connectivity index (χ3v) is 4.12. The quantitative estimate of drug-likeness (QED) is 0.670. The molecule has 1 heteroatoms. The first-order chi connectivity index (χ1) is 6.81. The van der Waals surface area contributed by atoms with Gasteiger partial charge in [0, 0.05) is 6.61 Å². The minimum absolute atomic E-state index is 0.376. The molecule has 0 amide bonds. The molecule has 0 aromatic carbocycles. The smallest absolute Gasteiger partial charge is 0.0433 e. The lowest BCUT2D eigenvalue weighted by Gasteiger charge is -2.39. The average molecular weight is 194 g/mol. The Morgan fingerprint density at radius 1 is 1.36 bits per heavy atom. The van der Waals surface area contributed by atoms with Crippen molar-refractivity contribution in [1.82, 2.24) is 0 Å². The van der Waals surface area contributed by atoms with Crippen LogP contribution in [0, 0.1) is 17.8 Å². The molecule has 2 aliphatic rings. The summed E-state index contributed by atoms with van der Waals surface area (Å²) in [6.45, 7) is 2.64. The van der Waals surface area contributed by atoms with E-state index in [1.807, 2.05) is 0 Å². The molecule has 1 fully saturated rings. The summed E-state index contributed by atoms with van der Waals surface area (Å²) in [6, 6.07) is 0. The van der Waals surface area contributed by atoms with Gasteiger partial charge in [0.2, 0.25) is 0 Å². The van der Waals surface area contributed by atoms with Gasteiger partial charge < -0.3 is 5.11 Å². The predicted molar refractivity (Wildman–Crippen MR) is 59.0 cm³/mol. The summed E-state index contributed by atoms with van der Waals surface area (Å²) < 4.78 is 0. The normalized spacial score (nSPS) is 37.6. The van der Waals surface area contributed by atoms with Gasteiger partial charge in [-0.25, -0.2) is 0 Å². The van der Waals surface area contributed by atoms with Gasteiger partial charge in [0.25, 0.3) is 0 Å². The molecule has 0 heterocycles. The maximum atomic E-state index is 9.05. The van der Waals surface area contributed by atoms with E-state index in [4.69, 9.17) is 5.11 Å². The Kier molecular flexibility index (Phi) is 3.27. The lowest BCUT2D eigenvalue weighted by atomic mass is 9.66. The van der Waals surface area contributed by atoms with E-state index in [0.29, 0.717) is 6.61 Å². The highest BCUT2D eigenvalue weighted by atomic mass is 16.3. The number of aliphatic hydroxyl groups excluding tert-OH is 1. The summed E-state index contributed by atoms with van der Waals surface area (Å²) in [5.74, 6) is 2.50. The van der Waals surface area contributed by atoms with E-state index in [1.54, 1.807) is 5.57 Å². The molecule has 0 bridgehead atoms. The van der Waals surface area contributed by atoms with Gasteiger partial charge in [-0.05, 0) is 56.8 Å². The SMILES string of the molecule is CC1=C[C@H]2[C@H](CCO)CCC[C@@H]2CC1. The minimum Gasteiger partial charge on any atom is -0.396 e. The molecular formula is C13H22O. The van der Waals surface area contributed by atoms with Crippen LogP contribution in [0.2, 0.25) is 0 Å². The third kappa shape index (κ3) is 2.03. The van der Waals surface area contributed by atoms with E-state index < -0.39 is 0 Å². The maximum Gasteiger partial charge on any atom is 0.0433 e. The van der Waals surface area contributed by atoms with Crippen molar-refractivity contribution in [2.45, 2.75) is 45.4 Å². The number of allylic oxidation sites excluding steroid dienone is 2. The molecule has 80 valence electrons. The highest BCUT2D eigenvalue weighted by molar-refractivity contribution is 5.09. The summed E-state index contributed by atoms with van der Waals surface area (Å²) in [4.78, 5) is 0. The fraction of sp³-hybridized carbons (Fsp3) is 0.846. The van der Waals surface area contributed by atoms with E-state index in [1.165, 1.54) is 32.1 Å². The summed E-state index contributed by atoms with van der Waals surface area (Å²) in [5.41, 5.74) is 1.58. The zero-order valence-corrected chi connectivity index (χ0v) is 9.21. The molecule has 1 nitrogen and oxygen atoms in total. The first-order valence-electron chi connectivity index (χ1n) is 6.09. The molecular weight excluding hydrogens is 172 g/mol. The Bertz CT molecular complexity index is 217. The Hall–Kier alpha value is -0.300. The molecule has 14 heavy (non-hydrogen) atoms. The standard InChI is InChI=1S/C13H22O/c1-10-5-6-11-3-2-4-12(7-8-14)13(11)9-10/h9,11-14H,2-8H2,1H3/t11-,12+,13-/m1/s1. The highest BCUT2D eigenvalue weighted by Crippen LogP contribution is 2.43. The summed E-state index contributed by atoms with van der Waals surface area (Å²) in [6.07, 6.45) is 10.4. The maximum absolute atomic E-state index is 9.05. The summed E-state index contributed by atoms with van der Waals surface area (Å²) in [7, 11) is 0. The largest absolute Gasteiger partial charge is 0.396 e. The number of fused-ring (bicyclic) bond motifs is 1. The highest BCUT2D eigenvalue weighted by Gasteiger charge is 2.32. The third-order valence-electron chi connectivity index (χ3n) is 4.12. The average Bonchev–Trinajstić information content (AvgIpc) is 2.19. The first kappa shape index (κ1) is 10.2. The molecule has 0 aromatic heterocycles. The molecule has 1 N–H and O–H groups in total. The minimum atomic E-state index is 0.376. The number of hydrogen-bond acceptors (Lipinski definition) is 1. The molecule has 2 aliphatic carbocycles. The second-order valence-corrected chi connectivity index (χ2v) is 5.09. The van der Waals surface area contributed by atoms with Crippen LogP contribution in [0.1, 0.15) is 45.4 Å². The Morgan fingerprint density at radius 2 is 2.21 bits per heavy atom. The Labute approximate surface area is 87.2 Å². The number of rotatable bonds is 2. The fourth-order valence-electron chi connectivity index (χ4n) is 3.35. The Balaban J connectivity index is 2.07. The van der Waals surface area contributed by atoms with E-state index >= 15 is 0 Å². The van der Waals surface area contributed by atoms with Crippen molar-refractivity contribution in [1.29, 1.82) is 0 Å². The number of hydrogen-bond donors (Lipinski definition) is 1. The van der Waals surface area contributed by atoms with Crippen molar-refractivity contribution < 1.29 is 5.11 Å². The van der Waals surface area contributed by atoms with Crippen molar-refractivity contribution in [3.05, 3.63) is 11.6 Å². The molecule has 0 aromatic rings. The van der Waals surface area contributed by atoms with Crippen molar-refractivity contribution >= 4 is 0 Å². The van der Waals surface area contributed by atoms with Gasteiger partial charge in [0.15, 0.2) is 0 Å². The van der Waals surface area contributed by atoms with Gasteiger partial charge >= 0.3 is 0 Å². The van der Waals surface area contributed by atoms with Gasteiger partial charge in [-0.15, -0.1) is 0 Å². The second kappa shape index (κ2) is 4.48. The summed E-state index contributed by atoms with van der Waals surface area (Å²) in [5, 5.41) is 9.05. The van der Waals surface area contributed by atoms with E-state index in [0.717, 1.165) is 24.2 Å². The molecule has 0 aliphatic heterocycles. The van der Waals surface area contributed by atoms with Gasteiger partial charge in [0.1, 0.15) is 0 Å². The van der Waals surface area contributed by atoms with E-state index in [9.17, 15) is 0 Å². The van der Waals surface area contributed by atoms with Crippen LogP contribution in [0.5, 0.6) is 0 Å². The topological polar surface area (TPSA) is 20.2 Å². The van der Waals surface area contributed by atoms with Gasteiger partial charge in [-0.3, -0.25) is 0 Å². The molecule has 0 saturated heterocycles. The van der Waals surface area contributed by atoms with Crippen molar-refractivity contribution in [2.75, 3.05) is 6.61 Å². The second-order valence-electron chi connectivity index (χ2n) is 5.09. The molecule has 0 unspecified atom stereocenters. The van der Waals surface area contributed by atoms with Crippen LogP contribution in [0.15, 0.2) is 11.6 Å². The Morgan fingerprint density at radius 3 is 3.00 bits per heavy atom. The molecule has 0 spiro atoms. The van der Waals surface area contributed by atoms with Gasteiger partial charge in [-0.1, -0.05) is 18.1 Å². The zero-order valence-electron chi connectivity index (χ0n) is 9.21. The van der Waals surface area contributed by atoms with Gasteiger partial charge in [0.05, 0.1) is 0 Å². The van der Waals surface area contributed by atoms with Crippen LogP contribution in [-0.4, -0.2) is 11.7 Å². The number of aliphatic hydroxyl groups is 1. The lowest BCUT2D eigenvalue weighted by molar-refractivity contribution is 0.140. The van der Waals surface area contributed by atoms with Crippen LogP contribution < -0.4 is 0 Å². The van der Waals surface area contributed by atoms with Crippen LogP contribution in [0.3, 0.4) is 0 Å². The zero-order chi connectivity index (χ0) is 9.97. The lowest BCUT2D eigenvalue weighted by Crippen LogP contribution is -2.30. The molecule has 0 radical (unpaired) electrons. The van der Waals surface area contributed by atoms with Crippen LogP contribution in [-0.2, 0) is 0 Å². The first-order valence-corrected chi connectivity index (χ1v) is 6.09. The van der Waals surface area contributed by atoms with Crippen molar-refractivity contribution in [2.24, 2.45) is 17.8 Å². The fourth-order valence-corrected chi connectivity index (χ4v) is 3.35. The van der Waals surface area contributed by atoms with Crippen molar-refractivity contribution in [3.8, 4) is 0 Å². The van der Waals surface area contributed by atoms with Gasteiger partial charge in [-0.2, -0.15) is 0 Å². The molecule has 3 atom stereocenters. The van der Waals surface area contributed by atoms with Crippen molar-refractivity contribution in [3.63, 3.8) is 0 Å². The predicted octanol–water partition coefficient (Wildman–Crippen LogP) is 3.14. The molecule has 2 rings (SSSR count). The van der Waals surface area contributed by atoms with Crippen LogP contribution >= 0.6 is 0 Å². The van der Waals surface area contributed by atoms with Crippen LogP contribution in [0.25, 0.3) is 0 Å².